The third-order valence-corrected chi connectivity index (χ3v) is 6.05. The predicted octanol–water partition coefficient (Wildman–Crippen LogP) is 1.70. The first-order valence-corrected chi connectivity index (χ1v) is 6.97. The van der Waals surface area contributed by atoms with Crippen molar-refractivity contribution in [1.82, 2.24) is 0 Å². The molecule has 3 nitrogen and oxygen atoms in total. The molecule has 0 aliphatic rings. The number of hydrogen-bond donors (Lipinski definition) is 0. The number of benzene rings is 1. The van der Waals surface area contributed by atoms with E-state index in [4.69, 9.17) is 13.3 Å². The summed E-state index contributed by atoms with van der Waals surface area (Å²) in [6, 6.07) is 4.19. The van der Waals surface area contributed by atoms with Crippen molar-refractivity contribution in [2.45, 2.75) is 20.8 Å². The van der Waals surface area contributed by atoms with Crippen molar-refractivity contribution in [1.29, 1.82) is 0 Å². The fourth-order valence-corrected chi connectivity index (χ4v) is 4.31. The van der Waals surface area contributed by atoms with Gasteiger partial charge < -0.3 is 13.3 Å². The summed E-state index contributed by atoms with van der Waals surface area (Å²) in [5.74, 6) is 0. The molecule has 0 spiro atoms. The molecule has 0 fully saturated rings. The van der Waals surface area contributed by atoms with Crippen LogP contribution in [0.4, 0.5) is 0 Å². The van der Waals surface area contributed by atoms with Crippen molar-refractivity contribution >= 4 is 14.0 Å². The van der Waals surface area contributed by atoms with Gasteiger partial charge in [0.15, 0.2) is 0 Å². The molecule has 0 radical (unpaired) electrons. The largest absolute Gasteiger partial charge is 0.536 e. The second-order valence-electron chi connectivity index (χ2n) is 3.87. The fourth-order valence-electron chi connectivity index (χ4n) is 1.98. The zero-order chi connectivity index (χ0) is 12.3. The lowest BCUT2D eigenvalue weighted by molar-refractivity contribution is 0.140. The van der Waals surface area contributed by atoms with E-state index < -0.39 is 8.80 Å². The first kappa shape index (κ1) is 13.4. The van der Waals surface area contributed by atoms with Gasteiger partial charge in [-0.25, -0.2) is 0 Å². The van der Waals surface area contributed by atoms with Gasteiger partial charge in [0.2, 0.25) is 0 Å². The van der Waals surface area contributed by atoms with Gasteiger partial charge >= 0.3 is 8.80 Å². The Hall–Kier alpha value is -0.683. The Bertz CT molecular complexity index is 365. The molecule has 4 heteroatoms. The lowest BCUT2D eigenvalue weighted by Gasteiger charge is -2.28. The second-order valence-corrected chi connectivity index (χ2v) is 6.71. The van der Waals surface area contributed by atoms with Gasteiger partial charge in [-0.3, -0.25) is 0 Å². The summed E-state index contributed by atoms with van der Waals surface area (Å²) in [6.07, 6.45) is 0. The zero-order valence-corrected chi connectivity index (χ0v) is 11.9. The Kier molecular flexibility index (Phi) is 4.26. The quantitative estimate of drug-likeness (QED) is 0.750. The van der Waals surface area contributed by atoms with Crippen LogP contribution in [0.1, 0.15) is 16.7 Å². The molecule has 0 aliphatic carbocycles. The Morgan fingerprint density at radius 1 is 0.812 bits per heavy atom. The van der Waals surface area contributed by atoms with Crippen LogP contribution in [0.15, 0.2) is 12.1 Å². The van der Waals surface area contributed by atoms with Gasteiger partial charge in [-0.05, 0) is 37.5 Å². The lowest BCUT2D eigenvalue weighted by Crippen LogP contribution is -2.56. The normalized spacial score (nSPS) is 11.9. The molecule has 0 saturated heterocycles. The van der Waals surface area contributed by atoms with Crippen molar-refractivity contribution in [3.05, 3.63) is 28.8 Å². The summed E-state index contributed by atoms with van der Waals surface area (Å²) >= 11 is 0. The topological polar surface area (TPSA) is 27.7 Å². The summed E-state index contributed by atoms with van der Waals surface area (Å²) in [5, 5.41) is 1.08. The van der Waals surface area contributed by atoms with Gasteiger partial charge in [0, 0.05) is 26.5 Å². The van der Waals surface area contributed by atoms with E-state index >= 15 is 0 Å². The predicted molar refractivity (Wildman–Crippen MR) is 67.1 cm³/mol. The molecular weight excluding hydrogens is 220 g/mol. The van der Waals surface area contributed by atoms with Gasteiger partial charge in [-0.1, -0.05) is 12.1 Å². The van der Waals surface area contributed by atoms with E-state index in [0.29, 0.717) is 0 Å². The van der Waals surface area contributed by atoms with Crippen LogP contribution in [-0.2, 0) is 13.3 Å². The fraction of sp³-hybridized carbons (Fsp3) is 0.500. The third-order valence-electron chi connectivity index (χ3n) is 3.06. The van der Waals surface area contributed by atoms with Crippen LogP contribution in [0.2, 0.25) is 0 Å². The minimum atomic E-state index is -2.71. The van der Waals surface area contributed by atoms with E-state index in [0.717, 1.165) is 10.8 Å². The van der Waals surface area contributed by atoms with Gasteiger partial charge in [-0.2, -0.15) is 0 Å². The van der Waals surface area contributed by atoms with E-state index in [1.165, 1.54) is 11.1 Å². The summed E-state index contributed by atoms with van der Waals surface area (Å²) < 4.78 is 16.6. The summed E-state index contributed by atoms with van der Waals surface area (Å²) in [4.78, 5) is 0. The van der Waals surface area contributed by atoms with E-state index in [-0.39, 0.29) is 0 Å². The molecule has 90 valence electrons. The van der Waals surface area contributed by atoms with Crippen LogP contribution in [0.3, 0.4) is 0 Å². The number of rotatable bonds is 4. The van der Waals surface area contributed by atoms with Crippen LogP contribution >= 0.6 is 0 Å². The molecule has 0 saturated carbocycles. The van der Waals surface area contributed by atoms with Crippen LogP contribution in [0, 0.1) is 20.8 Å². The second kappa shape index (κ2) is 5.10. The molecule has 0 aliphatic heterocycles. The van der Waals surface area contributed by atoms with Crippen molar-refractivity contribution in [2.75, 3.05) is 21.3 Å². The molecule has 0 heterocycles. The highest BCUT2D eigenvalue weighted by Gasteiger charge is 2.43. The van der Waals surface area contributed by atoms with Crippen molar-refractivity contribution < 1.29 is 13.3 Å². The van der Waals surface area contributed by atoms with Crippen LogP contribution in [0.5, 0.6) is 0 Å². The van der Waals surface area contributed by atoms with Gasteiger partial charge in [0.1, 0.15) is 0 Å². The zero-order valence-electron chi connectivity index (χ0n) is 10.9. The third kappa shape index (κ3) is 2.06. The van der Waals surface area contributed by atoms with Crippen LogP contribution in [-0.4, -0.2) is 30.1 Å². The summed E-state index contributed by atoms with van der Waals surface area (Å²) in [5.41, 5.74) is 3.57. The average molecular weight is 240 g/mol. The lowest BCUT2D eigenvalue weighted by atomic mass is 10.1. The van der Waals surface area contributed by atoms with Crippen molar-refractivity contribution in [3.63, 3.8) is 0 Å². The molecule has 0 atom stereocenters. The Balaban J connectivity index is 3.45. The summed E-state index contributed by atoms with van der Waals surface area (Å²) in [7, 11) is 2.20. The molecule has 0 unspecified atom stereocenters. The van der Waals surface area contributed by atoms with E-state index in [2.05, 4.69) is 32.9 Å². The standard InChI is InChI=1S/C12H20O3Si/c1-9-7-8-10(2)12(11(9)3)16(13-4,14-5)15-6/h7-8H,1-6H3. The number of hydrogen-bond acceptors (Lipinski definition) is 3. The SMILES string of the molecule is CO[Si](OC)(OC)c1c(C)ccc(C)c1C. The Morgan fingerprint density at radius 2 is 1.25 bits per heavy atom. The van der Waals surface area contributed by atoms with Gasteiger partial charge in [0.05, 0.1) is 0 Å². The smallest absolute Gasteiger partial charge is 0.373 e. The van der Waals surface area contributed by atoms with Crippen molar-refractivity contribution in [3.8, 4) is 0 Å². The van der Waals surface area contributed by atoms with E-state index in [1.54, 1.807) is 21.3 Å². The Labute approximate surface area is 98.7 Å². The maximum atomic E-state index is 5.53. The highest BCUT2D eigenvalue weighted by Crippen LogP contribution is 2.15. The number of aryl methyl sites for hydroxylation is 2. The molecule has 1 aromatic carbocycles. The molecule has 16 heavy (non-hydrogen) atoms. The summed E-state index contributed by atoms with van der Waals surface area (Å²) in [6.45, 7) is 6.22. The van der Waals surface area contributed by atoms with Crippen LogP contribution < -0.4 is 5.19 Å². The highest BCUT2D eigenvalue weighted by molar-refractivity contribution is 6.76. The molecular formula is C12H20O3Si. The van der Waals surface area contributed by atoms with E-state index in [1.807, 2.05) is 0 Å². The van der Waals surface area contributed by atoms with Gasteiger partial charge in [0.25, 0.3) is 0 Å². The highest BCUT2D eigenvalue weighted by atomic mass is 28.4. The molecule has 0 N–H and O–H groups in total. The maximum Gasteiger partial charge on any atom is 0.536 e. The average Bonchev–Trinajstić information content (AvgIpc) is 2.30. The molecule has 1 rings (SSSR count). The monoisotopic (exact) mass is 240 g/mol. The first-order valence-electron chi connectivity index (χ1n) is 5.25. The van der Waals surface area contributed by atoms with Gasteiger partial charge in [-0.15, -0.1) is 0 Å². The van der Waals surface area contributed by atoms with Crippen molar-refractivity contribution in [2.24, 2.45) is 0 Å². The Morgan fingerprint density at radius 3 is 1.69 bits per heavy atom. The van der Waals surface area contributed by atoms with Crippen LogP contribution in [0.25, 0.3) is 0 Å². The minimum absolute atomic E-state index is 1.08. The minimum Gasteiger partial charge on any atom is -0.373 e. The first-order chi connectivity index (χ1) is 7.52. The van der Waals surface area contributed by atoms with E-state index in [9.17, 15) is 0 Å². The molecule has 1 aromatic rings. The molecule has 0 amide bonds. The maximum absolute atomic E-state index is 5.53. The molecule has 0 aromatic heterocycles. The molecule has 0 bridgehead atoms.